The van der Waals surface area contributed by atoms with E-state index in [2.05, 4.69) is 24.0 Å². The Hall–Kier alpha value is -1.09. The first-order valence-corrected chi connectivity index (χ1v) is 6.72. The van der Waals surface area contributed by atoms with Crippen LogP contribution in [0.1, 0.15) is 31.7 Å². The molecule has 17 heavy (non-hydrogen) atoms. The Morgan fingerprint density at radius 1 is 1.24 bits per heavy atom. The van der Waals surface area contributed by atoms with Crippen molar-refractivity contribution in [2.24, 2.45) is 11.7 Å². The van der Waals surface area contributed by atoms with E-state index in [0.717, 1.165) is 24.6 Å². The fourth-order valence-corrected chi connectivity index (χ4v) is 2.49. The van der Waals surface area contributed by atoms with Crippen molar-refractivity contribution in [1.29, 1.82) is 0 Å². The van der Waals surface area contributed by atoms with Crippen molar-refractivity contribution >= 4 is 22.9 Å². The molecule has 0 spiro atoms. The lowest BCUT2D eigenvalue weighted by Crippen LogP contribution is -2.24. The van der Waals surface area contributed by atoms with E-state index in [1.807, 2.05) is 12.1 Å². The van der Waals surface area contributed by atoms with Gasteiger partial charge in [0.1, 0.15) is 4.99 Å². The Morgan fingerprint density at radius 2 is 1.94 bits per heavy atom. The minimum absolute atomic E-state index is 0.473. The summed E-state index contributed by atoms with van der Waals surface area (Å²) in [5.41, 5.74) is 7.85. The minimum Gasteiger partial charge on any atom is -0.389 e. The summed E-state index contributed by atoms with van der Waals surface area (Å²) in [6, 6.07) is 8.30. The van der Waals surface area contributed by atoms with Crippen LogP contribution in [0.5, 0.6) is 0 Å². The molecule has 0 aliphatic carbocycles. The molecule has 1 aliphatic heterocycles. The quantitative estimate of drug-likeness (QED) is 0.816. The monoisotopic (exact) mass is 248 g/mol. The zero-order chi connectivity index (χ0) is 12.3. The third kappa shape index (κ3) is 3.19. The van der Waals surface area contributed by atoms with E-state index in [-0.39, 0.29) is 0 Å². The van der Waals surface area contributed by atoms with Gasteiger partial charge in [0, 0.05) is 24.3 Å². The lowest BCUT2D eigenvalue weighted by Gasteiger charge is -2.23. The summed E-state index contributed by atoms with van der Waals surface area (Å²) in [6.07, 6.45) is 3.93. The largest absolute Gasteiger partial charge is 0.389 e. The van der Waals surface area contributed by atoms with Crippen LogP contribution in [0.2, 0.25) is 0 Å². The SMILES string of the molecule is CC1CCCN(c2ccc(C(N)=S)cc2)CC1. The molecular formula is C14H20N2S. The summed E-state index contributed by atoms with van der Waals surface area (Å²) in [5.74, 6) is 0.857. The van der Waals surface area contributed by atoms with Crippen LogP contribution in [-0.2, 0) is 0 Å². The Morgan fingerprint density at radius 3 is 2.59 bits per heavy atom. The highest BCUT2D eigenvalue weighted by atomic mass is 32.1. The molecule has 0 saturated carbocycles. The lowest BCUT2D eigenvalue weighted by atomic mass is 10.0. The fraction of sp³-hybridized carbons (Fsp3) is 0.500. The molecule has 1 aliphatic rings. The number of thiocarbonyl (C=S) groups is 1. The minimum atomic E-state index is 0.473. The van der Waals surface area contributed by atoms with Gasteiger partial charge in [0.05, 0.1) is 0 Å². The molecule has 2 rings (SSSR count). The summed E-state index contributed by atoms with van der Waals surface area (Å²) in [7, 11) is 0. The number of benzene rings is 1. The molecule has 2 N–H and O–H groups in total. The highest BCUT2D eigenvalue weighted by Gasteiger charge is 2.13. The molecule has 0 bridgehead atoms. The van der Waals surface area contributed by atoms with Gasteiger partial charge in [-0.2, -0.15) is 0 Å². The van der Waals surface area contributed by atoms with Gasteiger partial charge in [-0.15, -0.1) is 0 Å². The molecular weight excluding hydrogens is 228 g/mol. The lowest BCUT2D eigenvalue weighted by molar-refractivity contribution is 0.521. The van der Waals surface area contributed by atoms with Crippen LogP contribution in [0.15, 0.2) is 24.3 Å². The predicted octanol–water partition coefficient (Wildman–Crippen LogP) is 2.95. The number of anilines is 1. The highest BCUT2D eigenvalue weighted by Crippen LogP contribution is 2.22. The van der Waals surface area contributed by atoms with Crippen LogP contribution in [0.4, 0.5) is 5.69 Å². The molecule has 2 nitrogen and oxygen atoms in total. The van der Waals surface area contributed by atoms with E-state index in [0.29, 0.717) is 4.99 Å². The third-order valence-corrected chi connectivity index (χ3v) is 3.77. The van der Waals surface area contributed by atoms with Crippen molar-refractivity contribution in [3.05, 3.63) is 29.8 Å². The van der Waals surface area contributed by atoms with Crippen LogP contribution < -0.4 is 10.6 Å². The first kappa shape index (κ1) is 12.4. The van der Waals surface area contributed by atoms with Crippen molar-refractivity contribution in [3.8, 4) is 0 Å². The molecule has 1 unspecified atom stereocenters. The standard InChI is InChI=1S/C14H20N2S/c1-11-3-2-9-16(10-8-11)13-6-4-12(5-7-13)14(15)17/h4-7,11H,2-3,8-10H2,1H3,(H2,15,17). The Balaban J connectivity index is 2.08. The van der Waals surface area contributed by atoms with Gasteiger partial charge in [0.25, 0.3) is 0 Å². The van der Waals surface area contributed by atoms with Crippen LogP contribution >= 0.6 is 12.2 Å². The van der Waals surface area contributed by atoms with Gasteiger partial charge < -0.3 is 10.6 Å². The van der Waals surface area contributed by atoms with Gasteiger partial charge in [0.2, 0.25) is 0 Å². The predicted molar refractivity (Wildman–Crippen MR) is 77.6 cm³/mol. The van der Waals surface area contributed by atoms with Crippen LogP contribution in [0.25, 0.3) is 0 Å². The van der Waals surface area contributed by atoms with Crippen molar-refractivity contribution in [1.82, 2.24) is 0 Å². The second-order valence-electron chi connectivity index (χ2n) is 4.93. The Kier molecular flexibility index (Phi) is 4.00. The number of nitrogens with zero attached hydrogens (tertiary/aromatic N) is 1. The number of hydrogen-bond donors (Lipinski definition) is 1. The average molecular weight is 248 g/mol. The molecule has 1 aromatic rings. The van der Waals surface area contributed by atoms with Crippen molar-refractivity contribution in [2.45, 2.75) is 26.2 Å². The fourth-order valence-electron chi connectivity index (χ4n) is 2.36. The molecule has 1 aromatic carbocycles. The number of nitrogens with two attached hydrogens (primary N) is 1. The molecule has 1 fully saturated rings. The Bertz CT molecular complexity index is 386. The normalized spacial score (nSPS) is 21.0. The van der Waals surface area contributed by atoms with Crippen molar-refractivity contribution < 1.29 is 0 Å². The highest BCUT2D eigenvalue weighted by molar-refractivity contribution is 7.80. The van der Waals surface area contributed by atoms with Gasteiger partial charge in [-0.3, -0.25) is 0 Å². The molecule has 1 heterocycles. The van der Waals surface area contributed by atoms with Crippen LogP contribution in [0.3, 0.4) is 0 Å². The summed E-state index contributed by atoms with van der Waals surface area (Å²) in [4.78, 5) is 2.94. The molecule has 92 valence electrons. The van der Waals surface area contributed by atoms with Crippen molar-refractivity contribution in [2.75, 3.05) is 18.0 Å². The molecule has 1 saturated heterocycles. The van der Waals surface area contributed by atoms with E-state index < -0.39 is 0 Å². The maximum Gasteiger partial charge on any atom is 0.103 e. The third-order valence-electron chi connectivity index (χ3n) is 3.53. The molecule has 1 atom stereocenters. The molecule has 3 heteroatoms. The number of hydrogen-bond acceptors (Lipinski definition) is 2. The Labute approximate surface area is 109 Å². The first-order valence-electron chi connectivity index (χ1n) is 6.31. The molecule has 0 amide bonds. The average Bonchev–Trinajstić information content (AvgIpc) is 2.54. The summed E-state index contributed by atoms with van der Waals surface area (Å²) < 4.78 is 0. The van der Waals surface area contributed by atoms with E-state index in [1.54, 1.807) is 0 Å². The van der Waals surface area contributed by atoms with E-state index in [9.17, 15) is 0 Å². The van der Waals surface area contributed by atoms with Gasteiger partial charge in [-0.1, -0.05) is 19.1 Å². The maximum atomic E-state index is 5.60. The second kappa shape index (κ2) is 5.50. The second-order valence-corrected chi connectivity index (χ2v) is 5.37. The van der Waals surface area contributed by atoms with Crippen LogP contribution in [0, 0.1) is 5.92 Å². The number of rotatable bonds is 2. The van der Waals surface area contributed by atoms with Gasteiger partial charge in [-0.05, 0) is 49.4 Å². The molecule has 0 radical (unpaired) electrons. The van der Waals surface area contributed by atoms with E-state index >= 15 is 0 Å². The zero-order valence-electron chi connectivity index (χ0n) is 10.4. The summed E-state index contributed by atoms with van der Waals surface area (Å²) in [6.45, 7) is 4.67. The smallest absolute Gasteiger partial charge is 0.103 e. The zero-order valence-corrected chi connectivity index (χ0v) is 11.2. The van der Waals surface area contributed by atoms with E-state index in [4.69, 9.17) is 18.0 Å². The first-order chi connectivity index (χ1) is 8.16. The van der Waals surface area contributed by atoms with E-state index in [1.165, 1.54) is 24.9 Å². The maximum absolute atomic E-state index is 5.60. The van der Waals surface area contributed by atoms with Crippen molar-refractivity contribution in [3.63, 3.8) is 0 Å². The summed E-state index contributed by atoms with van der Waals surface area (Å²) >= 11 is 4.96. The molecule has 0 aromatic heterocycles. The van der Waals surface area contributed by atoms with Gasteiger partial charge in [-0.25, -0.2) is 0 Å². The topological polar surface area (TPSA) is 29.3 Å². The summed E-state index contributed by atoms with van der Waals surface area (Å²) in [5, 5.41) is 0. The van der Waals surface area contributed by atoms with Crippen LogP contribution in [-0.4, -0.2) is 18.1 Å². The van der Waals surface area contributed by atoms with Gasteiger partial charge in [0.15, 0.2) is 0 Å². The van der Waals surface area contributed by atoms with Gasteiger partial charge >= 0.3 is 0 Å².